The summed E-state index contributed by atoms with van der Waals surface area (Å²) in [7, 11) is 0. The van der Waals surface area contributed by atoms with Crippen LogP contribution >= 0.6 is 0 Å². The van der Waals surface area contributed by atoms with Crippen LogP contribution in [0.5, 0.6) is 5.75 Å². The van der Waals surface area contributed by atoms with Gasteiger partial charge >= 0.3 is 0 Å². The van der Waals surface area contributed by atoms with Gasteiger partial charge in [0, 0.05) is 17.7 Å². The van der Waals surface area contributed by atoms with E-state index in [1.807, 2.05) is 48.2 Å². The highest BCUT2D eigenvalue weighted by Gasteiger charge is 2.28. The minimum atomic E-state index is -0.125. The van der Waals surface area contributed by atoms with Crippen LogP contribution in [-0.4, -0.2) is 50.8 Å². The number of ether oxygens (including phenoxy) is 1. The highest BCUT2D eigenvalue weighted by atomic mass is 16.5. The molecule has 0 bridgehead atoms. The third-order valence-corrected chi connectivity index (χ3v) is 5.59. The largest absolute Gasteiger partial charge is 0.488 e. The van der Waals surface area contributed by atoms with Crippen molar-refractivity contribution in [3.8, 4) is 11.4 Å². The van der Waals surface area contributed by atoms with Crippen molar-refractivity contribution in [2.24, 2.45) is 0 Å². The number of carbonyl (C=O) groups excluding carboxylic acids is 2. The van der Waals surface area contributed by atoms with E-state index in [-0.39, 0.29) is 17.8 Å². The van der Waals surface area contributed by atoms with Gasteiger partial charge in [-0.05, 0) is 44.4 Å². The quantitative estimate of drug-likeness (QED) is 0.570. The van der Waals surface area contributed by atoms with E-state index < -0.39 is 0 Å². The molecule has 0 saturated carbocycles. The van der Waals surface area contributed by atoms with E-state index in [0.29, 0.717) is 36.3 Å². The fourth-order valence-corrected chi connectivity index (χ4v) is 4.11. The minimum absolute atomic E-state index is 0.0339. The summed E-state index contributed by atoms with van der Waals surface area (Å²) >= 11 is 0. The molecular formula is C24H26N4O3. The Kier molecular flexibility index (Phi) is 6.11. The fourth-order valence-electron chi connectivity index (χ4n) is 4.11. The van der Waals surface area contributed by atoms with Crippen molar-refractivity contribution in [3.05, 3.63) is 71.5 Å². The van der Waals surface area contributed by atoms with Crippen LogP contribution in [0.25, 0.3) is 5.69 Å². The molecule has 0 N–H and O–H groups in total. The van der Waals surface area contributed by atoms with Crippen LogP contribution in [0.1, 0.15) is 53.0 Å². The van der Waals surface area contributed by atoms with Crippen molar-refractivity contribution in [2.45, 2.75) is 39.2 Å². The zero-order valence-corrected chi connectivity index (χ0v) is 17.8. The van der Waals surface area contributed by atoms with Gasteiger partial charge in [-0.3, -0.25) is 9.59 Å². The van der Waals surface area contributed by atoms with E-state index in [2.05, 4.69) is 10.2 Å². The molecular weight excluding hydrogens is 392 g/mol. The molecule has 7 heteroatoms. The number of rotatable bonds is 6. The minimum Gasteiger partial charge on any atom is -0.488 e. The molecule has 0 radical (unpaired) electrons. The second kappa shape index (κ2) is 9.12. The van der Waals surface area contributed by atoms with Gasteiger partial charge in [0.05, 0.1) is 30.2 Å². The Morgan fingerprint density at radius 3 is 2.55 bits per heavy atom. The molecule has 7 nitrogen and oxygen atoms in total. The molecule has 1 atom stereocenters. The molecule has 3 aromatic rings. The molecule has 0 spiro atoms. The van der Waals surface area contributed by atoms with Crippen molar-refractivity contribution in [3.63, 3.8) is 0 Å². The van der Waals surface area contributed by atoms with Crippen molar-refractivity contribution < 1.29 is 14.3 Å². The molecule has 1 aliphatic heterocycles. The molecule has 1 amide bonds. The molecule has 1 aliphatic rings. The second-order valence-electron chi connectivity index (χ2n) is 7.66. The van der Waals surface area contributed by atoms with Crippen LogP contribution in [0.3, 0.4) is 0 Å². The maximum Gasteiger partial charge on any atom is 0.256 e. The maximum atomic E-state index is 13.3. The van der Waals surface area contributed by atoms with Crippen molar-refractivity contribution in [1.29, 1.82) is 0 Å². The molecule has 1 saturated heterocycles. The first kappa shape index (κ1) is 20.8. The molecule has 1 unspecified atom stereocenters. The molecule has 1 fully saturated rings. The molecule has 1 aromatic heterocycles. The summed E-state index contributed by atoms with van der Waals surface area (Å²) in [4.78, 5) is 28.6. The standard InChI is InChI=1S/C24H26N4O3/c1-3-19-20(17(2)29)10-6-12-23(19)31-18-8-7-15-27(16-18)24(30)21-9-4-5-11-22(21)28-25-13-14-26-28/h4-6,9-14,18H,3,7-8,15-16H2,1-2H3. The lowest BCUT2D eigenvalue weighted by Crippen LogP contribution is -2.44. The van der Waals surface area contributed by atoms with Crippen LogP contribution in [0.2, 0.25) is 0 Å². The highest BCUT2D eigenvalue weighted by Crippen LogP contribution is 2.27. The van der Waals surface area contributed by atoms with E-state index in [4.69, 9.17) is 4.74 Å². The van der Waals surface area contributed by atoms with Gasteiger partial charge in [0.1, 0.15) is 11.9 Å². The van der Waals surface area contributed by atoms with E-state index in [1.54, 1.807) is 25.4 Å². The van der Waals surface area contributed by atoms with Gasteiger partial charge in [-0.2, -0.15) is 15.0 Å². The number of likely N-dealkylation sites (tertiary alicyclic amines) is 1. The summed E-state index contributed by atoms with van der Waals surface area (Å²) in [5.74, 6) is 0.705. The summed E-state index contributed by atoms with van der Waals surface area (Å²) < 4.78 is 6.31. The number of hydrogen-bond donors (Lipinski definition) is 0. The SMILES string of the molecule is CCc1c(OC2CCCN(C(=O)c3ccccc3-n3nccn3)C2)cccc1C(C)=O. The number of ketones is 1. The van der Waals surface area contributed by atoms with Crippen molar-refractivity contribution in [2.75, 3.05) is 13.1 Å². The summed E-state index contributed by atoms with van der Waals surface area (Å²) in [5, 5.41) is 8.34. The Morgan fingerprint density at radius 1 is 1.06 bits per heavy atom. The number of Topliss-reactive ketones (excluding diaryl/α,β-unsaturated/α-hetero) is 1. The summed E-state index contributed by atoms with van der Waals surface area (Å²) in [6.07, 6.45) is 5.48. The van der Waals surface area contributed by atoms with Gasteiger partial charge < -0.3 is 9.64 Å². The van der Waals surface area contributed by atoms with Gasteiger partial charge in [0.2, 0.25) is 0 Å². The third-order valence-electron chi connectivity index (χ3n) is 5.59. The second-order valence-corrected chi connectivity index (χ2v) is 7.66. The van der Waals surface area contributed by atoms with E-state index in [1.165, 1.54) is 4.80 Å². The van der Waals surface area contributed by atoms with Crippen molar-refractivity contribution >= 4 is 11.7 Å². The number of hydrogen-bond acceptors (Lipinski definition) is 5. The Balaban J connectivity index is 1.54. The van der Waals surface area contributed by atoms with E-state index >= 15 is 0 Å². The van der Waals surface area contributed by atoms with Crippen LogP contribution < -0.4 is 4.74 Å². The maximum absolute atomic E-state index is 13.3. The molecule has 4 rings (SSSR count). The Hall–Kier alpha value is -3.48. The number of aromatic nitrogens is 3. The Bertz CT molecular complexity index is 1080. The number of benzene rings is 2. The number of nitrogens with zero attached hydrogens (tertiary/aromatic N) is 4. The number of para-hydroxylation sites is 1. The highest BCUT2D eigenvalue weighted by molar-refractivity contribution is 5.98. The first-order valence-corrected chi connectivity index (χ1v) is 10.6. The van der Waals surface area contributed by atoms with Gasteiger partial charge in [0.15, 0.2) is 5.78 Å². The number of piperidine rings is 1. The summed E-state index contributed by atoms with van der Waals surface area (Å²) in [5.41, 5.74) is 2.84. The van der Waals surface area contributed by atoms with E-state index in [9.17, 15) is 9.59 Å². The van der Waals surface area contributed by atoms with Crippen LogP contribution in [-0.2, 0) is 6.42 Å². The first-order valence-electron chi connectivity index (χ1n) is 10.6. The summed E-state index contributed by atoms with van der Waals surface area (Å²) in [6.45, 7) is 4.76. The smallest absolute Gasteiger partial charge is 0.256 e. The van der Waals surface area contributed by atoms with Crippen LogP contribution in [0, 0.1) is 0 Å². The number of amides is 1. The Morgan fingerprint density at radius 2 is 1.81 bits per heavy atom. The average Bonchev–Trinajstić information content (AvgIpc) is 3.33. The van der Waals surface area contributed by atoms with Gasteiger partial charge in [-0.15, -0.1) is 0 Å². The topological polar surface area (TPSA) is 77.3 Å². The van der Waals surface area contributed by atoms with E-state index in [0.717, 1.165) is 24.2 Å². The van der Waals surface area contributed by atoms with Crippen LogP contribution in [0.15, 0.2) is 54.9 Å². The first-order chi connectivity index (χ1) is 15.1. The average molecular weight is 418 g/mol. The zero-order chi connectivity index (χ0) is 21.8. The molecule has 2 aromatic carbocycles. The summed E-state index contributed by atoms with van der Waals surface area (Å²) in [6, 6.07) is 13.0. The van der Waals surface area contributed by atoms with Gasteiger partial charge in [-0.25, -0.2) is 0 Å². The van der Waals surface area contributed by atoms with Gasteiger partial charge in [-0.1, -0.05) is 31.2 Å². The van der Waals surface area contributed by atoms with Gasteiger partial charge in [0.25, 0.3) is 5.91 Å². The lowest BCUT2D eigenvalue weighted by Gasteiger charge is -2.33. The fraction of sp³-hybridized carbons (Fsp3) is 0.333. The van der Waals surface area contributed by atoms with Crippen molar-refractivity contribution in [1.82, 2.24) is 19.9 Å². The predicted molar refractivity (Wildman–Crippen MR) is 117 cm³/mol. The molecule has 31 heavy (non-hydrogen) atoms. The lowest BCUT2D eigenvalue weighted by molar-refractivity contribution is 0.0535. The molecule has 160 valence electrons. The number of carbonyl (C=O) groups is 2. The predicted octanol–water partition coefficient (Wildman–Crippen LogP) is 3.72. The lowest BCUT2D eigenvalue weighted by atomic mass is 10.0. The molecule has 2 heterocycles. The monoisotopic (exact) mass is 418 g/mol. The normalized spacial score (nSPS) is 16.2. The Labute approximate surface area is 181 Å². The third kappa shape index (κ3) is 4.35. The zero-order valence-electron chi connectivity index (χ0n) is 17.8. The molecule has 0 aliphatic carbocycles. The van der Waals surface area contributed by atoms with Crippen LogP contribution in [0.4, 0.5) is 0 Å².